The van der Waals surface area contributed by atoms with E-state index in [1.54, 1.807) is 56.7 Å². The summed E-state index contributed by atoms with van der Waals surface area (Å²) in [5.74, 6) is 0.644. The lowest BCUT2D eigenvalue weighted by Crippen LogP contribution is -2.42. The van der Waals surface area contributed by atoms with Gasteiger partial charge in [-0.15, -0.1) is 0 Å². The van der Waals surface area contributed by atoms with Crippen molar-refractivity contribution < 1.29 is 22.7 Å². The highest BCUT2D eigenvalue weighted by Crippen LogP contribution is 2.58. The summed E-state index contributed by atoms with van der Waals surface area (Å²) in [7, 11) is -0.693. The Balaban J connectivity index is 1.59. The molecule has 1 aliphatic carbocycles. The summed E-state index contributed by atoms with van der Waals surface area (Å²) in [6, 6.07) is 12.1. The Morgan fingerprint density at radius 1 is 1.11 bits per heavy atom. The predicted octanol–water partition coefficient (Wildman–Crippen LogP) is 2.56. The third-order valence-electron chi connectivity index (χ3n) is 5.61. The Bertz CT molecular complexity index is 1040. The molecule has 28 heavy (non-hydrogen) atoms. The topological polar surface area (TPSA) is 84.9 Å². The van der Waals surface area contributed by atoms with Crippen LogP contribution in [0.5, 0.6) is 11.5 Å². The number of hydrogen-bond acceptors (Lipinski definition) is 5. The average Bonchev–Trinajstić information content (AvgIpc) is 3.38. The number of sulfonamides is 1. The SMILES string of the molecule is COc1ccc(N2C[C@@H]3C[C@]3(C(=O)Nc3ccc(OC)cc3C)S2(=O)=O)cc1. The number of ether oxygens (including phenoxy) is 2. The molecule has 4 rings (SSSR count). The van der Waals surface area contributed by atoms with Gasteiger partial charge in [0, 0.05) is 18.2 Å². The number of benzene rings is 2. The van der Waals surface area contributed by atoms with Crippen molar-refractivity contribution in [1.82, 2.24) is 0 Å². The van der Waals surface area contributed by atoms with E-state index < -0.39 is 20.7 Å². The van der Waals surface area contributed by atoms with Crippen LogP contribution in [0.25, 0.3) is 0 Å². The summed E-state index contributed by atoms with van der Waals surface area (Å²) < 4.78 is 36.7. The highest BCUT2D eigenvalue weighted by molar-refractivity contribution is 7.95. The van der Waals surface area contributed by atoms with Crippen LogP contribution in [-0.2, 0) is 14.8 Å². The first kappa shape index (κ1) is 18.6. The molecule has 2 fully saturated rings. The molecule has 1 saturated carbocycles. The summed E-state index contributed by atoms with van der Waals surface area (Å²) in [6.45, 7) is 2.15. The molecule has 1 saturated heterocycles. The second-order valence-electron chi connectivity index (χ2n) is 7.16. The number of carbonyl (C=O) groups excluding carboxylic acids is 1. The van der Waals surface area contributed by atoms with Gasteiger partial charge in [0.15, 0.2) is 4.75 Å². The van der Waals surface area contributed by atoms with Crippen molar-refractivity contribution in [2.75, 3.05) is 30.4 Å². The first-order valence-electron chi connectivity index (χ1n) is 8.96. The van der Waals surface area contributed by atoms with Gasteiger partial charge in [0.25, 0.3) is 0 Å². The van der Waals surface area contributed by atoms with Gasteiger partial charge in [-0.3, -0.25) is 9.10 Å². The minimum atomic E-state index is -3.82. The van der Waals surface area contributed by atoms with Crippen LogP contribution in [0, 0.1) is 12.8 Å². The molecule has 0 unspecified atom stereocenters. The second kappa shape index (κ2) is 6.41. The number of hydrogen-bond donors (Lipinski definition) is 1. The molecular formula is C20H22N2O5S. The number of carbonyl (C=O) groups is 1. The number of anilines is 2. The Hall–Kier alpha value is -2.74. The molecule has 1 amide bonds. The molecule has 148 valence electrons. The van der Waals surface area contributed by atoms with Crippen molar-refractivity contribution in [3.8, 4) is 11.5 Å². The number of rotatable bonds is 5. The van der Waals surface area contributed by atoms with E-state index >= 15 is 0 Å². The second-order valence-corrected chi connectivity index (χ2v) is 9.28. The van der Waals surface area contributed by atoms with Gasteiger partial charge in [-0.05, 0) is 61.4 Å². The van der Waals surface area contributed by atoms with Crippen LogP contribution in [0.15, 0.2) is 42.5 Å². The molecule has 1 aliphatic heterocycles. The Kier molecular flexibility index (Phi) is 4.26. The zero-order valence-electron chi connectivity index (χ0n) is 15.9. The quantitative estimate of drug-likeness (QED) is 0.831. The van der Waals surface area contributed by atoms with Crippen LogP contribution in [0.1, 0.15) is 12.0 Å². The van der Waals surface area contributed by atoms with E-state index in [4.69, 9.17) is 9.47 Å². The van der Waals surface area contributed by atoms with Crippen molar-refractivity contribution in [2.45, 2.75) is 18.1 Å². The van der Waals surface area contributed by atoms with Gasteiger partial charge in [0.1, 0.15) is 11.5 Å². The molecule has 1 N–H and O–H groups in total. The van der Waals surface area contributed by atoms with Crippen LogP contribution in [0.2, 0.25) is 0 Å². The van der Waals surface area contributed by atoms with Crippen LogP contribution >= 0.6 is 0 Å². The van der Waals surface area contributed by atoms with E-state index in [0.29, 0.717) is 35.8 Å². The van der Waals surface area contributed by atoms with Gasteiger partial charge in [-0.25, -0.2) is 8.42 Å². The predicted molar refractivity (Wildman–Crippen MR) is 106 cm³/mol. The first-order chi connectivity index (χ1) is 13.3. The maximum Gasteiger partial charge on any atom is 0.250 e. The third kappa shape index (κ3) is 2.63. The largest absolute Gasteiger partial charge is 0.497 e. The van der Waals surface area contributed by atoms with Crippen LogP contribution in [0.3, 0.4) is 0 Å². The van der Waals surface area contributed by atoms with Gasteiger partial charge in [-0.1, -0.05) is 0 Å². The number of aryl methyl sites for hydroxylation is 1. The maximum atomic E-state index is 13.2. The highest BCUT2D eigenvalue weighted by atomic mass is 32.2. The molecule has 1 heterocycles. The Morgan fingerprint density at radius 2 is 1.75 bits per heavy atom. The van der Waals surface area contributed by atoms with E-state index in [9.17, 15) is 13.2 Å². The lowest BCUT2D eigenvalue weighted by molar-refractivity contribution is -0.116. The van der Waals surface area contributed by atoms with Gasteiger partial charge < -0.3 is 14.8 Å². The van der Waals surface area contributed by atoms with Gasteiger partial charge in [0.2, 0.25) is 15.9 Å². The molecule has 8 heteroatoms. The summed E-state index contributed by atoms with van der Waals surface area (Å²) in [5, 5.41) is 2.81. The Morgan fingerprint density at radius 3 is 2.36 bits per heavy atom. The van der Waals surface area contributed by atoms with Crippen LogP contribution in [-0.4, -0.2) is 39.8 Å². The van der Waals surface area contributed by atoms with E-state index in [1.165, 1.54) is 4.31 Å². The third-order valence-corrected chi connectivity index (χ3v) is 8.16. The standard InChI is InChI=1S/C20H22N2O5S/c1-13-10-17(27-3)8-9-18(13)21-19(23)20-11-14(20)12-22(28(20,24)25)15-4-6-16(26-2)7-5-15/h4-10,14H,11-12H2,1-3H3,(H,21,23)/t14-,20-/m0/s1. The molecule has 2 atom stereocenters. The molecule has 7 nitrogen and oxygen atoms in total. The van der Waals surface area contributed by atoms with Crippen molar-refractivity contribution in [1.29, 1.82) is 0 Å². The van der Waals surface area contributed by atoms with E-state index in [1.807, 2.05) is 6.92 Å². The molecule has 0 aromatic heterocycles. The summed E-state index contributed by atoms with van der Waals surface area (Å²) in [6.07, 6.45) is 0.350. The van der Waals surface area contributed by atoms with E-state index in [-0.39, 0.29) is 5.92 Å². The van der Waals surface area contributed by atoms with Gasteiger partial charge >= 0.3 is 0 Å². The highest BCUT2D eigenvalue weighted by Gasteiger charge is 2.75. The lowest BCUT2D eigenvalue weighted by atomic mass is 10.1. The number of fused-ring (bicyclic) bond motifs is 1. The summed E-state index contributed by atoms with van der Waals surface area (Å²) in [5.41, 5.74) is 1.94. The molecule has 0 radical (unpaired) electrons. The van der Waals surface area contributed by atoms with Crippen molar-refractivity contribution in [3.05, 3.63) is 48.0 Å². The fourth-order valence-corrected chi connectivity index (χ4v) is 6.21. The van der Waals surface area contributed by atoms with Gasteiger partial charge in [-0.2, -0.15) is 0 Å². The minimum absolute atomic E-state index is 0.210. The molecular weight excluding hydrogens is 380 g/mol. The molecule has 2 aliphatic rings. The number of amides is 1. The normalized spacial score (nSPS) is 24.4. The smallest absolute Gasteiger partial charge is 0.250 e. The van der Waals surface area contributed by atoms with E-state index in [0.717, 1.165) is 5.56 Å². The lowest BCUT2D eigenvalue weighted by Gasteiger charge is -2.23. The number of nitrogens with one attached hydrogen (secondary N) is 1. The van der Waals surface area contributed by atoms with Crippen LogP contribution < -0.4 is 19.1 Å². The zero-order valence-corrected chi connectivity index (χ0v) is 16.7. The zero-order chi connectivity index (χ0) is 20.1. The van der Waals surface area contributed by atoms with Crippen molar-refractivity contribution >= 4 is 27.3 Å². The molecule has 2 aromatic carbocycles. The van der Waals surface area contributed by atoms with Gasteiger partial charge in [0.05, 0.1) is 19.9 Å². The number of methoxy groups -OCH3 is 2. The molecule has 2 aromatic rings. The Labute approximate surface area is 164 Å². The summed E-state index contributed by atoms with van der Waals surface area (Å²) >= 11 is 0. The fourth-order valence-electron chi connectivity index (χ4n) is 3.85. The molecule has 0 bridgehead atoms. The molecule has 0 spiro atoms. The number of nitrogens with zero attached hydrogens (tertiary/aromatic N) is 1. The van der Waals surface area contributed by atoms with E-state index in [2.05, 4.69) is 5.32 Å². The average molecular weight is 402 g/mol. The first-order valence-corrected chi connectivity index (χ1v) is 10.4. The minimum Gasteiger partial charge on any atom is -0.497 e. The van der Waals surface area contributed by atoms with Crippen molar-refractivity contribution in [3.63, 3.8) is 0 Å². The van der Waals surface area contributed by atoms with Crippen molar-refractivity contribution in [2.24, 2.45) is 5.92 Å². The monoisotopic (exact) mass is 402 g/mol. The maximum absolute atomic E-state index is 13.2. The summed E-state index contributed by atoms with van der Waals surface area (Å²) in [4.78, 5) is 13.0. The fraction of sp³-hybridized carbons (Fsp3) is 0.350. The van der Waals surface area contributed by atoms with Crippen LogP contribution in [0.4, 0.5) is 11.4 Å².